The van der Waals surface area contributed by atoms with Crippen molar-refractivity contribution < 1.29 is 18.4 Å². The predicted molar refractivity (Wildman–Crippen MR) is 89.9 cm³/mol. The average molecular weight is 376 g/mol. The smallest absolute Gasteiger partial charge is 0.286 e. The van der Waals surface area contributed by atoms with Gasteiger partial charge in [-0.2, -0.15) is 0 Å². The van der Waals surface area contributed by atoms with Crippen molar-refractivity contribution in [2.45, 2.75) is 44.1 Å². The maximum Gasteiger partial charge on any atom is 0.286 e. The molecule has 1 saturated carbocycles. The molecule has 1 aromatic heterocycles. The molecule has 0 aliphatic heterocycles. The summed E-state index contributed by atoms with van der Waals surface area (Å²) in [6, 6.07) is 0.725. The van der Waals surface area contributed by atoms with Gasteiger partial charge in [-0.15, -0.1) is 11.6 Å². The third kappa shape index (κ3) is 5.01. The van der Waals surface area contributed by atoms with Gasteiger partial charge in [-0.05, 0) is 19.3 Å². The Morgan fingerprint density at radius 1 is 1.40 bits per heavy atom. The number of hydrogen-bond donors (Lipinski definition) is 2. The zero-order valence-electron chi connectivity index (χ0n) is 13.7. The van der Waals surface area contributed by atoms with Gasteiger partial charge in [0.2, 0.25) is 11.8 Å². The molecular weight excluding hydrogens is 356 g/mol. The molecule has 9 heteroatoms. The zero-order valence-corrected chi connectivity index (χ0v) is 14.5. The first-order chi connectivity index (χ1) is 11.8. The fourth-order valence-electron chi connectivity index (χ4n) is 2.95. The monoisotopic (exact) mass is 375 g/mol. The van der Waals surface area contributed by atoms with Crippen LogP contribution in [0.25, 0.3) is 0 Å². The second-order valence-electron chi connectivity index (χ2n) is 6.09. The molecule has 0 saturated heterocycles. The fraction of sp³-hybridized carbons (Fsp3) is 0.562. The molecule has 1 aliphatic carbocycles. The fourth-order valence-corrected chi connectivity index (χ4v) is 3.35. The number of nitrogens with zero attached hydrogens (tertiary/aromatic N) is 1. The normalized spacial score (nSPS) is 23.1. The lowest BCUT2D eigenvalue weighted by Gasteiger charge is -2.32. The Hall–Kier alpha value is -1.96. The number of aromatic nitrogens is 1. The minimum Gasteiger partial charge on any atom is -0.352 e. The summed E-state index contributed by atoms with van der Waals surface area (Å²) < 4.78 is 26.9. The van der Waals surface area contributed by atoms with E-state index < -0.39 is 24.0 Å². The van der Waals surface area contributed by atoms with Crippen LogP contribution in [0.2, 0.25) is 0 Å². The Bertz CT molecular complexity index is 710. The molecule has 3 atom stereocenters. The van der Waals surface area contributed by atoms with E-state index in [0.29, 0.717) is 19.3 Å². The van der Waals surface area contributed by atoms with Crippen molar-refractivity contribution >= 4 is 29.1 Å². The van der Waals surface area contributed by atoms with E-state index in [0.717, 1.165) is 10.6 Å². The largest absolute Gasteiger partial charge is 0.352 e. The molecule has 2 rings (SSSR count). The van der Waals surface area contributed by atoms with Crippen molar-refractivity contribution in [2.24, 2.45) is 5.92 Å². The van der Waals surface area contributed by atoms with E-state index in [9.17, 15) is 23.2 Å². The summed E-state index contributed by atoms with van der Waals surface area (Å²) in [5.41, 5.74) is -0.849. The summed E-state index contributed by atoms with van der Waals surface area (Å²) in [6.07, 6.45) is 2.66. The number of hydrogen-bond acceptors (Lipinski definition) is 3. The highest BCUT2D eigenvalue weighted by Crippen LogP contribution is 2.29. The molecule has 0 spiro atoms. The lowest BCUT2D eigenvalue weighted by Crippen LogP contribution is -2.45. The van der Waals surface area contributed by atoms with Gasteiger partial charge >= 0.3 is 0 Å². The third-order valence-corrected chi connectivity index (χ3v) is 4.65. The van der Waals surface area contributed by atoms with Crippen LogP contribution >= 0.6 is 11.6 Å². The summed E-state index contributed by atoms with van der Waals surface area (Å²) >= 11 is 6.24. The zero-order chi connectivity index (χ0) is 18.6. The Balaban J connectivity index is 2.03. The van der Waals surface area contributed by atoms with Crippen LogP contribution in [0.4, 0.5) is 14.5 Å². The van der Waals surface area contributed by atoms with Gasteiger partial charge in [0.05, 0.1) is 17.6 Å². The molecule has 6 nitrogen and oxygen atoms in total. The second-order valence-corrected chi connectivity index (χ2v) is 6.65. The van der Waals surface area contributed by atoms with Crippen molar-refractivity contribution in [1.29, 1.82) is 0 Å². The van der Waals surface area contributed by atoms with Gasteiger partial charge in [-0.3, -0.25) is 14.4 Å². The highest BCUT2D eigenvalue weighted by atomic mass is 35.5. The van der Waals surface area contributed by atoms with Crippen LogP contribution in [0.3, 0.4) is 0 Å². The predicted octanol–water partition coefficient (Wildman–Crippen LogP) is 1.81. The van der Waals surface area contributed by atoms with Crippen molar-refractivity contribution in [1.82, 2.24) is 9.88 Å². The number of amides is 2. The first kappa shape index (κ1) is 19.4. The third-order valence-electron chi connectivity index (χ3n) is 4.17. The highest BCUT2D eigenvalue weighted by Gasteiger charge is 2.33. The Labute approximate surface area is 148 Å². The first-order valence-corrected chi connectivity index (χ1v) is 8.43. The van der Waals surface area contributed by atoms with E-state index in [2.05, 4.69) is 10.6 Å². The molecule has 25 heavy (non-hydrogen) atoms. The minimum atomic E-state index is -1.06. The molecule has 1 fully saturated rings. The van der Waals surface area contributed by atoms with Gasteiger partial charge in [0.1, 0.15) is 6.67 Å². The van der Waals surface area contributed by atoms with Gasteiger partial charge in [-0.25, -0.2) is 8.78 Å². The summed E-state index contributed by atoms with van der Waals surface area (Å²) in [6.45, 7) is 0.298. The standard InChI is InChI=1S/C16H20ClF2N3O3/c1-9(23)20-14-3-2-10(6-12(14)17)15(24)21-11-7-13(19)16(25)22(8-11)5-4-18/h7-8,10,12,14H,2-6H2,1H3,(H,20,23)(H,21,24). The number of aryl methyl sites for hydroxylation is 1. The van der Waals surface area contributed by atoms with E-state index in [1.807, 2.05) is 0 Å². The van der Waals surface area contributed by atoms with Crippen LogP contribution in [-0.4, -0.2) is 34.5 Å². The SMILES string of the molecule is CC(=O)NC1CCC(C(=O)Nc2cc(F)c(=O)n(CCF)c2)CC1Cl. The van der Waals surface area contributed by atoms with Crippen molar-refractivity contribution in [3.05, 3.63) is 28.4 Å². The summed E-state index contributed by atoms with van der Waals surface area (Å²) in [7, 11) is 0. The Kier molecular flexibility index (Phi) is 6.52. The molecule has 1 heterocycles. The van der Waals surface area contributed by atoms with Crippen LogP contribution in [0.5, 0.6) is 0 Å². The van der Waals surface area contributed by atoms with Crippen LogP contribution in [0.1, 0.15) is 26.2 Å². The number of anilines is 1. The summed E-state index contributed by atoms with van der Waals surface area (Å²) in [4.78, 5) is 35.0. The molecule has 0 bridgehead atoms. The van der Waals surface area contributed by atoms with Gasteiger partial charge in [0.15, 0.2) is 5.82 Å². The van der Waals surface area contributed by atoms with Gasteiger partial charge in [-0.1, -0.05) is 0 Å². The maximum absolute atomic E-state index is 13.6. The Morgan fingerprint density at radius 2 is 2.12 bits per heavy atom. The van der Waals surface area contributed by atoms with Gasteiger partial charge < -0.3 is 15.2 Å². The number of nitrogens with one attached hydrogen (secondary N) is 2. The van der Waals surface area contributed by atoms with Crippen molar-refractivity contribution in [3.8, 4) is 0 Å². The lowest BCUT2D eigenvalue weighted by atomic mass is 9.85. The Morgan fingerprint density at radius 3 is 2.72 bits per heavy atom. The number of carbonyl (C=O) groups is 2. The quantitative estimate of drug-likeness (QED) is 0.770. The second kappa shape index (κ2) is 8.42. The van der Waals surface area contributed by atoms with Crippen LogP contribution < -0.4 is 16.2 Å². The summed E-state index contributed by atoms with van der Waals surface area (Å²) in [5, 5.41) is 4.91. The van der Waals surface area contributed by atoms with Crippen molar-refractivity contribution in [3.63, 3.8) is 0 Å². The van der Waals surface area contributed by atoms with E-state index in [1.54, 1.807) is 0 Å². The lowest BCUT2D eigenvalue weighted by molar-refractivity contribution is -0.121. The number of alkyl halides is 2. The number of halogens is 3. The number of pyridine rings is 1. The molecule has 2 amide bonds. The molecule has 0 radical (unpaired) electrons. The average Bonchev–Trinajstić information content (AvgIpc) is 2.53. The molecule has 138 valence electrons. The molecule has 2 N–H and O–H groups in total. The number of carbonyl (C=O) groups excluding carboxylic acids is 2. The minimum absolute atomic E-state index is 0.0886. The van der Waals surface area contributed by atoms with Crippen molar-refractivity contribution in [2.75, 3.05) is 12.0 Å². The van der Waals surface area contributed by atoms with E-state index in [-0.39, 0.29) is 35.5 Å². The van der Waals surface area contributed by atoms with E-state index in [1.165, 1.54) is 13.1 Å². The topological polar surface area (TPSA) is 80.2 Å². The summed E-state index contributed by atoms with van der Waals surface area (Å²) in [5.74, 6) is -1.98. The van der Waals surface area contributed by atoms with E-state index in [4.69, 9.17) is 11.6 Å². The molecule has 1 aliphatic rings. The first-order valence-electron chi connectivity index (χ1n) is 7.99. The molecule has 0 aromatic carbocycles. The highest BCUT2D eigenvalue weighted by molar-refractivity contribution is 6.21. The van der Waals surface area contributed by atoms with Gasteiger partial charge in [0, 0.05) is 31.1 Å². The molecular formula is C16H20ClF2N3O3. The van der Waals surface area contributed by atoms with Gasteiger partial charge in [0.25, 0.3) is 5.56 Å². The van der Waals surface area contributed by atoms with Crippen LogP contribution in [0.15, 0.2) is 17.1 Å². The van der Waals surface area contributed by atoms with Crippen LogP contribution in [0, 0.1) is 11.7 Å². The number of rotatable bonds is 5. The molecule has 1 aromatic rings. The van der Waals surface area contributed by atoms with E-state index >= 15 is 0 Å². The molecule has 3 unspecified atom stereocenters. The van der Waals surface area contributed by atoms with Crippen LogP contribution in [-0.2, 0) is 16.1 Å². The maximum atomic E-state index is 13.6.